The predicted molar refractivity (Wildman–Crippen MR) is 82.3 cm³/mol. The molecule has 0 bridgehead atoms. The standard InChI is InChI=1S/C17H16N2O2/c1-11(12-5-3-2-4-6-12)17(21)18-14-7-8-15-13(9-14)10-16(20)19-15/h2-9,11H,10H2,1H3,(H,18,21)(H,19,20)/t11-/m1/s1. The average molecular weight is 280 g/mol. The second kappa shape index (κ2) is 5.40. The van der Waals surface area contributed by atoms with Crippen molar-refractivity contribution >= 4 is 23.2 Å². The maximum Gasteiger partial charge on any atom is 0.231 e. The van der Waals surface area contributed by atoms with Gasteiger partial charge in [-0.05, 0) is 36.2 Å². The number of hydrogen-bond acceptors (Lipinski definition) is 2. The van der Waals surface area contributed by atoms with E-state index in [0.29, 0.717) is 6.42 Å². The van der Waals surface area contributed by atoms with Crippen LogP contribution in [0.1, 0.15) is 24.0 Å². The Balaban J connectivity index is 1.74. The summed E-state index contributed by atoms with van der Waals surface area (Å²) in [5, 5.41) is 5.68. The summed E-state index contributed by atoms with van der Waals surface area (Å²) in [6, 6.07) is 15.1. The summed E-state index contributed by atoms with van der Waals surface area (Å²) in [6.07, 6.45) is 0.368. The molecule has 1 heterocycles. The summed E-state index contributed by atoms with van der Waals surface area (Å²) < 4.78 is 0. The molecule has 1 aliphatic rings. The van der Waals surface area contributed by atoms with E-state index in [4.69, 9.17) is 0 Å². The van der Waals surface area contributed by atoms with E-state index in [-0.39, 0.29) is 17.7 Å². The average Bonchev–Trinajstić information content (AvgIpc) is 2.86. The van der Waals surface area contributed by atoms with E-state index in [1.165, 1.54) is 0 Å². The van der Waals surface area contributed by atoms with Gasteiger partial charge in [0.25, 0.3) is 0 Å². The first kappa shape index (κ1) is 13.4. The third-order valence-electron chi connectivity index (χ3n) is 3.69. The highest BCUT2D eigenvalue weighted by Gasteiger charge is 2.19. The number of carbonyl (C=O) groups excluding carboxylic acids is 2. The van der Waals surface area contributed by atoms with E-state index in [9.17, 15) is 9.59 Å². The van der Waals surface area contributed by atoms with E-state index < -0.39 is 0 Å². The fourth-order valence-electron chi connectivity index (χ4n) is 2.45. The zero-order valence-electron chi connectivity index (χ0n) is 11.7. The van der Waals surface area contributed by atoms with Crippen molar-refractivity contribution in [2.24, 2.45) is 0 Å². The molecule has 2 aromatic carbocycles. The van der Waals surface area contributed by atoms with Gasteiger partial charge in [0.1, 0.15) is 0 Å². The van der Waals surface area contributed by atoms with Crippen LogP contribution < -0.4 is 10.6 Å². The Bertz CT molecular complexity index is 695. The van der Waals surface area contributed by atoms with Gasteiger partial charge in [-0.25, -0.2) is 0 Å². The van der Waals surface area contributed by atoms with Gasteiger partial charge in [-0.2, -0.15) is 0 Å². The molecule has 0 spiro atoms. The zero-order valence-corrected chi connectivity index (χ0v) is 11.7. The van der Waals surface area contributed by atoms with Crippen molar-refractivity contribution in [1.82, 2.24) is 0 Å². The molecule has 0 unspecified atom stereocenters. The highest BCUT2D eigenvalue weighted by molar-refractivity contribution is 6.01. The van der Waals surface area contributed by atoms with Crippen LogP contribution in [0.5, 0.6) is 0 Å². The summed E-state index contributed by atoms with van der Waals surface area (Å²) in [4.78, 5) is 23.6. The number of anilines is 2. The summed E-state index contributed by atoms with van der Waals surface area (Å²) >= 11 is 0. The Morgan fingerprint density at radius 1 is 1.19 bits per heavy atom. The van der Waals surface area contributed by atoms with E-state index in [2.05, 4.69) is 10.6 Å². The molecule has 4 nitrogen and oxygen atoms in total. The number of benzene rings is 2. The van der Waals surface area contributed by atoms with Crippen molar-refractivity contribution in [3.8, 4) is 0 Å². The third kappa shape index (κ3) is 2.79. The molecule has 0 saturated carbocycles. The molecule has 0 radical (unpaired) electrons. The molecule has 3 rings (SSSR count). The van der Waals surface area contributed by atoms with Gasteiger partial charge in [0.15, 0.2) is 0 Å². The first-order chi connectivity index (χ1) is 10.1. The summed E-state index contributed by atoms with van der Waals surface area (Å²) in [6.45, 7) is 1.88. The van der Waals surface area contributed by atoms with Crippen LogP contribution in [-0.2, 0) is 16.0 Å². The van der Waals surface area contributed by atoms with E-state index in [1.807, 2.05) is 49.4 Å². The van der Waals surface area contributed by atoms with Gasteiger partial charge >= 0.3 is 0 Å². The van der Waals surface area contributed by atoms with E-state index in [1.54, 1.807) is 6.07 Å². The molecule has 4 heteroatoms. The van der Waals surface area contributed by atoms with Crippen molar-refractivity contribution in [2.45, 2.75) is 19.3 Å². The van der Waals surface area contributed by atoms with E-state index >= 15 is 0 Å². The molecule has 2 aromatic rings. The Morgan fingerprint density at radius 3 is 2.71 bits per heavy atom. The Morgan fingerprint density at radius 2 is 1.95 bits per heavy atom. The molecule has 1 atom stereocenters. The number of rotatable bonds is 3. The van der Waals surface area contributed by atoms with Crippen molar-refractivity contribution < 1.29 is 9.59 Å². The smallest absolute Gasteiger partial charge is 0.231 e. The summed E-state index contributed by atoms with van der Waals surface area (Å²) in [5.41, 5.74) is 3.45. The molecule has 0 aliphatic carbocycles. The third-order valence-corrected chi connectivity index (χ3v) is 3.69. The first-order valence-electron chi connectivity index (χ1n) is 6.92. The van der Waals surface area contributed by atoms with Gasteiger partial charge < -0.3 is 10.6 Å². The molecular formula is C17H16N2O2. The topological polar surface area (TPSA) is 58.2 Å². The zero-order chi connectivity index (χ0) is 14.8. The lowest BCUT2D eigenvalue weighted by atomic mass is 10.0. The molecule has 1 aliphatic heterocycles. The van der Waals surface area contributed by atoms with Crippen LogP contribution in [-0.4, -0.2) is 11.8 Å². The second-order valence-corrected chi connectivity index (χ2v) is 5.22. The van der Waals surface area contributed by atoms with Crippen molar-refractivity contribution in [3.63, 3.8) is 0 Å². The molecule has 2 amide bonds. The number of nitrogens with one attached hydrogen (secondary N) is 2. The highest BCUT2D eigenvalue weighted by atomic mass is 16.2. The van der Waals surface area contributed by atoms with Crippen LogP contribution in [0.25, 0.3) is 0 Å². The summed E-state index contributed by atoms with van der Waals surface area (Å²) in [5.74, 6) is -0.288. The maximum atomic E-state index is 12.3. The molecule has 0 saturated heterocycles. The normalized spacial score (nSPS) is 14.2. The van der Waals surface area contributed by atoms with Gasteiger partial charge in [-0.3, -0.25) is 9.59 Å². The minimum Gasteiger partial charge on any atom is -0.326 e. The van der Waals surface area contributed by atoms with Crippen LogP contribution in [0.15, 0.2) is 48.5 Å². The number of fused-ring (bicyclic) bond motifs is 1. The number of hydrogen-bond donors (Lipinski definition) is 2. The van der Waals surface area contributed by atoms with Crippen LogP contribution in [0.3, 0.4) is 0 Å². The molecular weight excluding hydrogens is 264 g/mol. The van der Waals surface area contributed by atoms with Gasteiger partial charge in [-0.15, -0.1) is 0 Å². The lowest BCUT2D eigenvalue weighted by Crippen LogP contribution is -2.18. The van der Waals surface area contributed by atoms with Gasteiger partial charge in [-0.1, -0.05) is 30.3 Å². The first-order valence-corrected chi connectivity index (χ1v) is 6.92. The summed E-state index contributed by atoms with van der Waals surface area (Å²) in [7, 11) is 0. The Hall–Kier alpha value is -2.62. The van der Waals surface area contributed by atoms with Crippen molar-refractivity contribution in [3.05, 3.63) is 59.7 Å². The van der Waals surface area contributed by atoms with Crippen LogP contribution >= 0.6 is 0 Å². The number of carbonyl (C=O) groups is 2. The predicted octanol–water partition coefficient (Wildman–Crippen LogP) is 2.92. The lowest BCUT2D eigenvalue weighted by molar-refractivity contribution is -0.117. The fraction of sp³-hybridized carbons (Fsp3) is 0.176. The fourth-order valence-corrected chi connectivity index (χ4v) is 2.45. The minimum atomic E-state index is -0.223. The molecule has 0 aromatic heterocycles. The van der Waals surface area contributed by atoms with Crippen LogP contribution in [0.2, 0.25) is 0 Å². The van der Waals surface area contributed by atoms with Gasteiger partial charge in [0.05, 0.1) is 12.3 Å². The Labute approximate surface area is 123 Å². The minimum absolute atomic E-state index is 0.00821. The van der Waals surface area contributed by atoms with Gasteiger partial charge in [0, 0.05) is 11.4 Å². The van der Waals surface area contributed by atoms with E-state index in [0.717, 1.165) is 22.5 Å². The monoisotopic (exact) mass is 280 g/mol. The Kier molecular flexibility index (Phi) is 3.44. The largest absolute Gasteiger partial charge is 0.326 e. The van der Waals surface area contributed by atoms with Crippen molar-refractivity contribution in [1.29, 1.82) is 0 Å². The highest BCUT2D eigenvalue weighted by Crippen LogP contribution is 2.26. The molecule has 0 fully saturated rings. The molecule has 21 heavy (non-hydrogen) atoms. The van der Waals surface area contributed by atoms with Crippen LogP contribution in [0, 0.1) is 0 Å². The molecule has 2 N–H and O–H groups in total. The van der Waals surface area contributed by atoms with Crippen molar-refractivity contribution in [2.75, 3.05) is 10.6 Å². The quantitative estimate of drug-likeness (QED) is 0.908. The number of amides is 2. The SMILES string of the molecule is C[C@@H](C(=O)Nc1ccc2c(c1)CC(=O)N2)c1ccccc1. The second-order valence-electron chi connectivity index (χ2n) is 5.22. The van der Waals surface area contributed by atoms with Crippen LogP contribution in [0.4, 0.5) is 11.4 Å². The lowest BCUT2D eigenvalue weighted by Gasteiger charge is -2.13. The molecule has 106 valence electrons. The van der Waals surface area contributed by atoms with Gasteiger partial charge in [0.2, 0.25) is 11.8 Å². The maximum absolute atomic E-state index is 12.3.